The highest BCUT2D eigenvalue weighted by Gasteiger charge is 2.23. The van der Waals surface area contributed by atoms with Crippen LogP contribution in [0.25, 0.3) is 0 Å². The Hall–Kier alpha value is 0.220. The third kappa shape index (κ3) is 9.64. The number of nitrogens with zero attached hydrogens (tertiary/aromatic N) is 2. The van der Waals surface area contributed by atoms with Gasteiger partial charge in [0, 0.05) is 45.2 Å². The molecule has 0 aromatic heterocycles. The van der Waals surface area contributed by atoms with Gasteiger partial charge < -0.3 is 15.5 Å². The molecule has 0 spiro atoms. The first-order valence-corrected chi connectivity index (χ1v) is 8.96. The Labute approximate surface area is 172 Å². The lowest BCUT2D eigenvalue weighted by Gasteiger charge is -2.36. The van der Waals surface area contributed by atoms with Gasteiger partial charge in [-0.1, -0.05) is 6.92 Å². The summed E-state index contributed by atoms with van der Waals surface area (Å²) >= 11 is 0. The number of piperazine rings is 1. The first-order chi connectivity index (χ1) is 10.6. The van der Waals surface area contributed by atoms with Crippen LogP contribution in [0.15, 0.2) is 0 Å². The van der Waals surface area contributed by atoms with Gasteiger partial charge in [-0.3, -0.25) is 9.69 Å². The fraction of sp³-hybridized carbons (Fsp3) is 0.941. The van der Waals surface area contributed by atoms with Crippen molar-refractivity contribution in [3.8, 4) is 0 Å². The minimum atomic E-state index is 0. The van der Waals surface area contributed by atoms with Gasteiger partial charge >= 0.3 is 0 Å². The van der Waals surface area contributed by atoms with Crippen LogP contribution in [-0.2, 0) is 4.79 Å². The molecule has 25 heavy (non-hydrogen) atoms. The molecule has 2 unspecified atom stereocenters. The summed E-state index contributed by atoms with van der Waals surface area (Å²) in [7, 11) is 2.17. The first-order valence-electron chi connectivity index (χ1n) is 8.96. The van der Waals surface area contributed by atoms with E-state index in [-0.39, 0.29) is 43.1 Å². The number of hydrogen-bond acceptors (Lipinski definition) is 4. The maximum Gasteiger partial charge on any atom is 0.220 e. The summed E-state index contributed by atoms with van der Waals surface area (Å²) in [6, 6.07) is 0.437. The quantitative estimate of drug-likeness (QED) is 0.691. The van der Waals surface area contributed by atoms with Crippen LogP contribution < -0.4 is 10.6 Å². The molecule has 1 amide bonds. The fourth-order valence-corrected chi connectivity index (χ4v) is 3.60. The van der Waals surface area contributed by atoms with E-state index in [1.165, 1.54) is 12.8 Å². The summed E-state index contributed by atoms with van der Waals surface area (Å²) in [6.07, 6.45) is 3.11. The van der Waals surface area contributed by atoms with Crippen molar-refractivity contribution in [2.24, 2.45) is 11.8 Å². The number of hydrogen-bond donors (Lipinski definition) is 2. The van der Waals surface area contributed by atoms with Gasteiger partial charge in [0.15, 0.2) is 0 Å². The molecule has 2 heterocycles. The zero-order valence-electron chi connectivity index (χ0n) is 15.8. The maximum atomic E-state index is 12.2. The standard InChI is InChI=1S/C17H34N4O.3ClH/c1-14(16-4-6-18-7-5-16)12-17(22)19-13-15(2)21-10-8-20(3)9-11-21;;;/h14-16,18H,4-13H2,1-3H3,(H,19,22);3*1H. The third-order valence-corrected chi connectivity index (χ3v) is 5.45. The molecule has 2 N–H and O–H groups in total. The van der Waals surface area contributed by atoms with Crippen LogP contribution in [0.2, 0.25) is 0 Å². The molecule has 2 aliphatic rings. The number of amides is 1. The van der Waals surface area contributed by atoms with Crippen LogP contribution >= 0.6 is 37.2 Å². The Kier molecular flexibility index (Phi) is 15.7. The van der Waals surface area contributed by atoms with Crippen molar-refractivity contribution in [1.82, 2.24) is 20.4 Å². The minimum absolute atomic E-state index is 0. The number of piperidine rings is 1. The van der Waals surface area contributed by atoms with E-state index < -0.39 is 0 Å². The predicted molar refractivity (Wildman–Crippen MR) is 113 cm³/mol. The fourth-order valence-electron chi connectivity index (χ4n) is 3.60. The number of nitrogens with one attached hydrogen (secondary N) is 2. The zero-order chi connectivity index (χ0) is 15.9. The van der Waals surface area contributed by atoms with Crippen molar-refractivity contribution in [3.05, 3.63) is 0 Å². The molecule has 0 saturated carbocycles. The highest BCUT2D eigenvalue weighted by atomic mass is 35.5. The normalized spacial score (nSPS) is 21.9. The van der Waals surface area contributed by atoms with Gasteiger partial charge in [0.25, 0.3) is 0 Å². The molecule has 0 bridgehead atoms. The van der Waals surface area contributed by atoms with Crippen LogP contribution in [0.5, 0.6) is 0 Å². The number of likely N-dealkylation sites (N-methyl/N-ethyl adjacent to an activating group) is 1. The molecule has 5 nitrogen and oxygen atoms in total. The summed E-state index contributed by atoms with van der Waals surface area (Å²) < 4.78 is 0. The molecular weight excluding hydrogens is 383 g/mol. The molecule has 152 valence electrons. The van der Waals surface area contributed by atoms with E-state index >= 15 is 0 Å². The summed E-state index contributed by atoms with van der Waals surface area (Å²) in [4.78, 5) is 17.0. The Morgan fingerprint density at radius 3 is 2.20 bits per heavy atom. The molecule has 2 aliphatic heterocycles. The van der Waals surface area contributed by atoms with E-state index in [0.717, 1.165) is 45.8 Å². The summed E-state index contributed by atoms with van der Waals surface area (Å²) in [6.45, 7) is 11.9. The molecule has 8 heteroatoms. The zero-order valence-corrected chi connectivity index (χ0v) is 18.3. The smallest absolute Gasteiger partial charge is 0.220 e. The largest absolute Gasteiger partial charge is 0.355 e. The summed E-state index contributed by atoms with van der Waals surface area (Å²) in [5.41, 5.74) is 0. The molecule has 0 aromatic rings. The molecule has 0 radical (unpaired) electrons. The van der Waals surface area contributed by atoms with E-state index in [0.29, 0.717) is 24.3 Å². The van der Waals surface area contributed by atoms with Gasteiger partial charge in [-0.05, 0) is 51.7 Å². The topological polar surface area (TPSA) is 47.6 Å². The van der Waals surface area contributed by atoms with Gasteiger partial charge in [0.05, 0.1) is 0 Å². The van der Waals surface area contributed by atoms with Crippen LogP contribution in [-0.4, -0.2) is 74.6 Å². The summed E-state index contributed by atoms with van der Waals surface area (Å²) in [5, 5.41) is 6.54. The van der Waals surface area contributed by atoms with Crippen molar-refractivity contribution >= 4 is 43.1 Å². The van der Waals surface area contributed by atoms with Crippen LogP contribution in [0, 0.1) is 11.8 Å². The maximum absolute atomic E-state index is 12.2. The Morgan fingerprint density at radius 1 is 1.08 bits per heavy atom. The number of rotatable bonds is 6. The predicted octanol–water partition coefficient (Wildman–Crippen LogP) is 2.03. The Bertz CT molecular complexity index is 349. The molecule has 2 atom stereocenters. The average molecular weight is 420 g/mol. The third-order valence-electron chi connectivity index (χ3n) is 5.45. The molecule has 0 aliphatic carbocycles. The second-order valence-electron chi connectivity index (χ2n) is 7.26. The van der Waals surface area contributed by atoms with E-state index in [9.17, 15) is 4.79 Å². The monoisotopic (exact) mass is 418 g/mol. The highest BCUT2D eigenvalue weighted by molar-refractivity contribution is 5.86. The van der Waals surface area contributed by atoms with Crippen molar-refractivity contribution in [2.75, 3.05) is 52.9 Å². The van der Waals surface area contributed by atoms with E-state index in [4.69, 9.17) is 0 Å². The number of halogens is 3. The average Bonchev–Trinajstić information content (AvgIpc) is 2.54. The number of carbonyl (C=O) groups excluding carboxylic acids is 1. The highest BCUT2D eigenvalue weighted by Crippen LogP contribution is 2.24. The lowest BCUT2D eigenvalue weighted by molar-refractivity contribution is -0.122. The van der Waals surface area contributed by atoms with Crippen molar-refractivity contribution < 1.29 is 4.79 Å². The van der Waals surface area contributed by atoms with Crippen LogP contribution in [0.3, 0.4) is 0 Å². The van der Waals surface area contributed by atoms with Gasteiger partial charge in [0.1, 0.15) is 0 Å². The minimum Gasteiger partial charge on any atom is -0.355 e. The number of carbonyl (C=O) groups is 1. The SMILES string of the molecule is CC(CC(=O)NCC(C)N1CCN(C)CC1)C1CCNCC1.Cl.Cl.Cl. The van der Waals surface area contributed by atoms with E-state index in [1.54, 1.807) is 0 Å². The summed E-state index contributed by atoms with van der Waals surface area (Å²) in [5.74, 6) is 1.44. The Balaban J connectivity index is 0. The van der Waals surface area contributed by atoms with Crippen LogP contribution in [0.1, 0.15) is 33.1 Å². The van der Waals surface area contributed by atoms with Gasteiger partial charge in [-0.25, -0.2) is 0 Å². The molecule has 2 rings (SSSR count). The van der Waals surface area contributed by atoms with Gasteiger partial charge in [-0.2, -0.15) is 0 Å². The lowest BCUT2D eigenvalue weighted by Crippen LogP contribution is -2.51. The molecule has 2 saturated heterocycles. The molecule has 0 aromatic carbocycles. The van der Waals surface area contributed by atoms with Crippen LogP contribution in [0.4, 0.5) is 0 Å². The van der Waals surface area contributed by atoms with Crippen molar-refractivity contribution in [1.29, 1.82) is 0 Å². The second-order valence-corrected chi connectivity index (χ2v) is 7.26. The molecule has 2 fully saturated rings. The van der Waals surface area contributed by atoms with Gasteiger partial charge in [-0.15, -0.1) is 37.2 Å². The van der Waals surface area contributed by atoms with Crippen molar-refractivity contribution in [3.63, 3.8) is 0 Å². The Morgan fingerprint density at radius 2 is 1.64 bits per heavy atom. The first kappa shape index (κ1) is 27.4. The van der Waals surface area contributed by atoms with E-state index in [2.05, 4.69) is 41.3 Å². The van der Waals surface area contributed by atoms with Crippen molar-refractivity contribution in [2.45, 2.75) is 39.2 Å². The van der Waals surface area contributed by atoms with Gasteiger partial charge in [0.2, 0.25) is 5.91 Å². The second kappa shape index (κ2) is 14.3. The lowest BCUT2D eigenvalue weighted by atomic mass is 9.84. The van der Waals surface area contributed by atoms with E-state index in [1.807, 2.05) is 0 Å². The molecular formula is C17H37Cl3N4O.